The van der Waals surface area contributed by atoms with Gasteiger partial charge in [0.15, 0.2) is 0 Å². The van der Waals surface area contributed by atoms with Crippen molar-refractivity contribution in [2.24, 2.45) is 22.7 Å². The smallest absolute Gasteiger partial charge is 0.317 e. The van der Waals surface area contributed by atoms with E-state index >= 15 is 0 Å². The Balaban J connectivity index is 1.45. The average molecular weight is 397 g/mol. The molecule has 1 saturated heterocycles. The van der Waals surface area contributed by atoms with Gasteiger partial charge in [-0.3, -0.25) is 14.7 Å². The second-order valence-corrected chi connectivity index (χ2v) is 9.07. The molecule has 1 aromatic rings. The number of rotatable bonds is 5. The second-order valence-electron chi connectivity index (χ2n) is 9.07. The fourth-order valence-electron chi connectivity index (χ4n) is 5.26. The molecule has 2 aliphatic heterocycles. The van der Waals surface area contributed by atoms with Gasteiger partial charge < -0.3 is 10.2 Å². The summed E-state index contributed by atoms with van der Waals surface area (Å²) in [6.45, 7) is 8.94. The Bertz CT molecular complexity index is 806. The van der Waals surface area contributed by atoms with Crippen LogP contribution in [0.3, 0.4) is 0 Å². The zero-order valence-corrected chi connectivity index (χ0v) is 17.7. The van der Waals surface area contributed by atoms with Crippen LogP contribution in [0.5, 0.6) is 0 Å². The maximum atomic E-state index is 13.5. The molecule has 3 aliphatic rings. The van der Waals surface area contributed by atoms with Gasteiger partial charge in [-0.1, -0.05) is 51.1 Å². The molecule has 6 heteroatoms. The van der Waals surface area contributed by atoms with Gasteiger partial charge in [0, 0.05) is 38.5 Å². The van der Waals surface area contributed by atoms with Crippen LogP contribution in [-0.2, 0) is 11.3 Å². The van der Waals surface area contributed by atoms with Crippen molar-refractivity contribution in [1.82, 2.24) is 15.1 Å². The zero-order valence-electron chi connectivity index (χ0n) is 17.7. The van der Waals surface area contributed by atoms with E-state index in [9.17, 15) is 9.59 Å². The summed E-state index contributed by atoms with van der Waals surface area (Å²) in [5.41, 5.74) is 0.448. The van der Waals surface area contributed by atoms with E-state index in [1.165, 1.54) is 0 Å². The molecule has 0 radical (unpaired) electrons. The van der Waals surface area contributed by atoms with Crippen LogP contribution < -0.4 is 5.32 Å². The van der Waals surface area contributed by atoms with Gasteiger partial charge in [-0.05, 0) is 30.2 Å². The number of aliphatic imine (C=N–C) groups is 1. The summed E-state index contributed by atoms with van der Waals surface area (Å²) in [4.78, 5) is 35.0. The minimum absolute atomic E-state index is 0.0393. The minimum atomic E-state index is -0.640. The first-order valence-electron chi connectivity index (χ1n) is 10.9. The fraction of sp³-hybridized carbons (Fsp3) is 0.609. The SMILES string of the molecule is CCC1=N[C@@]2(CC[C@@H]3CN(C(=O)NCc4ccccc4)C[C@@H]32)C(=O)N1CC(C)C. The van der Waals surface area contributed by atoms with Gasteiger partial charge in [0.1, 0.15) is 11.4 Å². The summed E-state index contributed by atoms with van der Waals surface area (Å²) in [6.07, 6.45) is 2.56. The van der Waals surface area contributed by atoms with E-state index in [-0.39, 0.29) is 17.9 Å². The van der Waals surface area contributed by atoms with Crippen molar-refractivity contribution >= 4 is 17.8 Å². The lowest BCUT2D eigenvalue weighted by Crippen LogP contribution is -2.48. The number of hydrogen-bond donors (Lipinski definition) is 1. The van der Waals surface area contributed by atoms with E-state index < -0.39 is 5.54 Å². The Kier molecular flexibility index (Phi) is 5.36. The van der Waals surface area contributed by atoms with E-state index in [1.807, 2.05) is 40.1 Å². The van der Waals surface area contributed by atoms with E-state index in [2.05, 4.69) is 26.1 Å². The highest BCUT2D eigenvalue weighted by Crippen LogP contribution is 2.50. The molecule has 0 unspecified atom stereocenters. The number of likely N-dealkylation sites (tertiary alicyclic amines) is 1. The molecule has 6 nitrogen and oxygen atoms in total. The highest BCUT2D eigenvalue weighted by molar-refractivity contribution is 6.08. The molecular weight excluding hydrogens is 364 g/mol. The predicted octanol–water partition coefficient (Wildman–Crippen LogP) is 3.28. The first-order chi connectivity index (χ1) is 13.9. The number of carbonyl (C=O) groups is 2. The van der Waals surface area contributed by atoms with Gasteiger partial charge in [0.25, 0.3) is 5.91 Å². The van der Waals surface area contributed by atoms with Crippen molar-refractivity contribution in [3.05, 3.63) is 35.9 Å². The number of fused-ring (bicyclic) bond motifs is 2. The number of carbonyl (C=O) groups excluding carboxylic acids is 2. The average Bonchev–Trinajstić information content (AvgIpc) is 3.36. The first kappa shape index (κ1) is 19.9. The van der Waals surface area contributed by atoms with Crippen molar-refractivity contribution in [3.8, 4) is 0 Å². The summed E-state index contributed by atoms with van der Waals surface area (Å²) in [7, 11) is 0. The molecule has 1 aliphatic carbocycles. The highest BCUT2D eigenvalue weighted by atomic mass is 16.2. The Morgan fingerprint density at radius 3 is 2.72 bits per heavy atom. The van der Waals surface area contributed by atoms with Gasteiger partial charge in [0.2, 0.25) is 0 Å². The Morgan fingerprint density at radius 2 is 2.03 bits per heavy atom. The third-order valence-corrected chi connectivity index (χ3v) is 6.64. The van der Waals surface area contributed by atoms with E-state index in [1.54, 1.807) is 0 Å². The maximum Gasteiger partial charge on any atom is 0.317 e. The van der Waals surface area contributed by atoms with Crippen molar-refractivity contribution in [1.29, 1.82) is 0 Å². The molecular formula is C23H32N4O2. The molecule has 1 aromatic carbocycles. The Morgan fingerprint density at radius 1 is 1.28 bits per heavy atom. The lowest BCUT2D eigenvalue weighted by Gasteiger charge is -2.29. The first-order valence-corrected chi connectivity index (χ1v) is 10.9. The molecule has 4 rings (SSSR count). The topological polar surface area (TPSA) is 65.0 Å². The largest absolute Gasteiger partial charge is 0.334 e. The lowest BCUT2D eigenvalue weighted by molar-refractivity contribution is -0.132. The molecule has 1 saturated carbocycles. The fourth-order valence-corrected chi connectivity index (χ4v) is 5.26. The summed E-state index contributed by atoms with van der Waals surface area (Å²) in [5, 5.41) is 3.03. The van der Waals surface area contributed by atoms with Gasteiger partial charge >= 0.3 is 6.03 Å². The molecule has 2 fully saturated rings. The lowest BCUT2D eigenvalue weighted by atomic mass is 9.85. The monoisotopic (exact) mass is 396 g/mol. The normalized spacial score (nSPS) is 28.4. The van der Waals surface area contributed by atoms with E-state index in [0.717, 1.165) is 43.8 Å². The summed E-state index contributed by atoms with van der Waals surface area (Å²) >= 11 is 0. The number of benzene rings is 1. The number of nitrogens with one attached hydrogen (secondary N) is 1. The molecule has 0 aromatic heterocycles. The van der Waals surface area contributed by atoms with Crippen LogP contribution >= 0.6 is 0 Å². The van der Waals surface area contributed by atoms with E-state index in [4.69, 9.17) is 4.99 Å². The highest BCUT2D eigenvalue weighted by Gasteiger charge is 2.61. The zero-order chi connectivity index (χ0) is 20.6. The van der Waals surface area contributed by atoms with Gasteiger partial charge in [-0.15, -0.1) is 0 Å². The van der Waals surface area contributed by atoms with Crippen LogP contribution in [0.15, 0.2) is 35.3 Å². The van der Waals surface area contributed by atoms with Crippen LogP contribution in [0.1, 0.15) is 45.6 Å². The Labute approximate surface area is 173 Å². The number of urea groups is 1. The molecule has 3 amide bonds. The molecule has 1 N–H and O–H groups in total. The van der Waals surface area contributed by atoms with Gasteiger partial charge in [0.05, 0.1) is 0 Å². The van der Waals surface area contributed by atoms with Gasteiger partial charge in [-0.25, -0.2) is 4.79 Å². The summed E-state index contributed by atoms with van der Waals surface area (Å²) in [6, 6.07) is 9.90. The third kappa shape index (κ3) is 3.53. The van der Waals surface area contributed by atoms with Crippen molar-refractivity contribution in [3.63, 3.8) is 0 Å². The molecule has 1 spiro atoms. The van der Waals surface area contributed by atoms with Gasteiger partial charge in [-0.2, -0.15) is 0 Å². The van der Waals surface area contributed by atoms with Crippen molar-refractivity contribution in [2.45, 2.75) is 52.1 Å². The van der Waals surface area contributed by atoms with Crippen LogP contribution in [0.2, 0.25) is 0 Å². The predicted molar refractivity (Wildman–Crippen MR) is 113 cm³/mol. The number of amidine groups is 1. The molecule has 0 bridgehead atoms. The Hall–Kier alpha value is -2.37. The molecule has 156 valence electrons. The van der Waals surface area contributed by atoms with Crippen molar-refractivity contribution < 1.29 is 9.59 Å². The summed E-state index contributed by atoms with van der Waals surface area (Å²) < 4.78 is 0. The molecule has 3 atom stereocenters. The van der Waals surface area contributed by atoms with Crippen LogP contribution in [-0.4, -0.2) is 52.7 Å². The third-order valence-electron chi connectivity index (χ3n) is 6.64. The van der Waals surface area contributed by atoms with Crippen molar-refractivity contribution in [2.75, 3.05) is 19.6 Å². The number of nitrogens with zero attached hydrogens (tertiary/aromatic N) is 3. The van der Waals surface area contributed by atoms with Crippen LogP contribution in [0.25, 0.3) is 0 Å². The van der Waals surface area contributed by atoms with E-state index in [0.29, 0.717) is 24.9 Å². The maximum absolute atomic E-state index is 13.5. The molecule has 29 heavy (non-hydrogen) atoms. The second kappa shape index (κ2) is 7.81. The minimum Gasteiger partial charge on any atom is -0.334 e. The number of hydrogen-bond acceptors (Lipinski definition) is 3. The quantitative estimate of drug-likeness (QED) is 0.830. The molecule has 2 heterocycles. The number of amides is 3. The summed E-state index contributed by atoms with van der Waals surface area (Å²) in [5.74, 6) is 2.00. The van der Waals surface area contributed by atoms with Crippen LogP contribution in [0, 0.1) is 17.8 Å². The standard InChI is InChI=1S/C23H32N4O2/c1-4-20-25-23(21(28)27(20)13-16(2)3)11-10-18-14-26(15-19(18)23)22(29)24-12-17-8-6-5-7-9-17/h5-9,16,18-19H,4,10-15H2,1-3H3,(H,24,29)/t18-,19+,23-/m1/s1. The van der Waals surface area contributed by atoms with Crippen LogP contribution in [0.4, 0.5) is 4.79 Å².